The number of furan rings is 1. The molecule has 0 unspecified atom stereocenters. The molecule has 0 saturated carbocycles. The second-order valence-electron chi connectivity index (χ2n) is 7.72. The van der Waals surface area contributed by atoms with Gasteiger partial charge in [0.1, 0.15) is 17.6 Å². The topological polar surface area (TPSA) is 74.6 Å². The lowest BCUT2D eigenvalue weighted by Gasteiger charge is -2.28. The van der Waals surface area contributed by atoms with Crippen LogP contribution in [-0.4, -0.2) is 42.4 Å². The standard InChI is InChI=1S/C22H28FN3O3/c1-15(2)20(25-21(27)16-7-9-17(23)10-8-16)22(28)24-14-18(19-6-5-13-29-19)26-11-3-4-12-26/h5-10,13,15,18,20H,3-4,11-12,14H2,1-2H3,(H,24,28)(H,25,27)/t18-,20+/m1/s1. The van der Waals surface area contributed by atoms with Gasteiger partial charge in [-0.3, -0.25) is 14.5 Å². The highest BCUT2D eigenvalue weighted by molar-refractivity contribution is 5.97. The molecule has 0 aliphatic carbocycles. The molecule has 0 spiro atoms. The van der Waals surface area contributed by atoms with Gasteiger partial charge in [0.05, 0.1) is 12.3 Å². The minimum absolute atomic E-state index is 0.0305. The van der Waals surface area contributed by atoms with Crippen molar-refractivity contribution in [3.8, 4) is 0 Å². The molecule has 156 valence electrons. The number of halogens is 1. The fourth-order valence-electron chi connectivity index (χ4n) is 3.61. The molecule has 1 aromatic heterocycles. The molecule has 1 aliphatic rings. The van der Waals surface area contributed by atoms with Crippen molar-refractivity contribution >= 4 is 11.8 Å². The number of nitrogens with zero attached hydrogens (tertiary/aromatic N) is 1. The van der Waals surface area contributed by atoms with Gasteiger partial charge in [-0.2, -0.15) is 0 Å². The van der Waals surface area contributed by atoms with Gasteiger partial charge in [-0.05, 0) is 68.2 Å². The van der Waals surface area contributed by atoms with E-state index in [-0.39, 0.29) is 17.9 Å². The Balaban J connectivity index is 1.63. The monoisotopic (exact) mass is 401 g/mol. The fourth-order valence-corrected chi connectivity index (χ4v) is 3.61. The van der Waals surface area contributed by atoms with Crippen molar-refractivity contribution in [3.63, 3.8) is 0 Å². The normalized spacial score (nSPS) is 16.6. The number of hydrogen-bond donors (Lipinski definition) is 2. The summed E-state index contributed by atoms with van der Waals surface area (Å²) < 4.78 is 18.7. The van der Waals surface area contributed by atoms with Crippen molar-refractivity contribution in [1.29, 1.82) is 0 Å². The third kappa shape index (κ3) is 5.44. The summed E-state index contributed by atoms with van der Waals surface area (Å²) in [4.78, 5) is 27.6. The van der Waals surface area contributed by atoms with E-state index in [1.54, 1.807) is 6.26 Å². The van der Waals surface area contributed by atoms with Crippen molar-refractivity contribution in [1.82, 2.24) is 15.5 Å². The van der Waals surface area contributed by atoms with Gasteiger partial charge < -0.3 is 15.1 Å². The number of nitrogens with one attached hydrogen (secondary N) is 2. The lowest BCUT2D eigenvalue weighted by molar-refractivity contribution is -0.124. The van der Waals surface area contributed by atoms with Crippen molar-refractivity contribution in [2.75, 3.05) is 19.6 Å². The van der Waals surface area contributed by atoms with Gasteiger partial charge in [-0.15, -0.1) is 0 Å². The van der Waals surface area contributed by atoms with Crippen LogP contribution in [0.15, 0.2) is 47.1 Å². The zero-order valence-corrected chi connectivity index (χ0v) is 16.9. The summed E-state index contributed by atoms with van der Waals surface area (Å²) >= 11 is 0. The van der Waals surface area contributed by atoms with Crippen LogP contribution in [0.25, 0.3) is 0 Å². The summed E-state index contributed by atoms with van der Waals surface area (Å²) in [5, 5.41) is 5.75. The quantitative estimate of drug-likeness (QED) is 0.713. The average molecular weight is 401 g/mol. The molecular formula is C22H28FN3O3. The Hall–Kier alpha value is -2.67. The Labute approximate surface area is 170 Å². The van der Waals surface area contributed by atoms with Crippen LogP contribution in [0.4, 0.5) is 4.39 Å². The van der Waals surface area contributed by atoms with E-state index in [1.165, 1.54) is 24.3 Å². The zero-order valence-electron chi connectivity index (χ0n) is 16.9. The van der Waals surface area contributed by atoms with Crippen LogP contribution in [0.3, 0.4) is 0 Å². The predicted molar refractivity (Wildman–Crippen MR) is 108 cm³/mol. The highest BCUT2D eigenvalue weighted by Crippen LogP contribution is 2.25. The summed E-state index contributed by atoms with van der Waals surface area (Å²) in [6, 6.07) is 8.30. The van der Waals surface area contributed by atoms with E-state index in [9.17, 15) is 14.0 Å². The molecular weight excluding hydrogens is 373 g/mol. The largest absolute Gasteiger partial charge is 0.468 e. The van der Waals surface area contributed by atoms with Crippen LogP contribution in [0.5, 0.6) is 0 Å². The first-order valence-corrected chi connectivity index (χ1v) is 10.1. The number of benzene rings is 1. The van der Waals surface area contributed by atoms with E-state index in [2.05, 4.69) is 15.5 Å². The van der Waals surface area contributed by atoms with Crippen LogP contribution in [-0.2, 0) is 4.79 Å². The maximum Gasteiger partial charge on any atom is 0.251 e. The Kier molecular flexibility index (Phi) is 7.04. The molecule has 2 atom stereocenters. The molecule has 2 heterocycles. The van der Waals surface area contributed by atoms with Gasteiger partial charge in [0, 0.05) is 12.1 Å². The zero-order chi connectivity index (χ0) is 20.8. The number of carbonyl (C=O) groups is 2. The van der Waals surface area contributed by atoms with Gasteiger partial charge in [-0.25, -0.2) is 4.39 Å². The number of likely N-dealkylation sites (tertiary alicyclic amines) is 1. The molecule has 2 aromatic rings. The van der Waals surface area contributed by atoms with E-state index in [0.29, 0.717) is 12.1 Å². The third-order valence-corrected chi connectivity index (χ3v) is 5.26. The predicted octanol–water partition coefficient (Wildman–Crippen LogP) is 3.13. The number of carbonyl (C=O) groups excluding carboxylic acids is 2. The van der Waals surface area contributed by atoms with Crippen LogP contribution in [0, 0.1) is 11.7 Å². The SMILES string of the molecule is CC(C)[C@H](NC(=O)c1ccc(F)cc1)C(=O)NC[C@H](c1ccco1)N1CCCC1. The molecule has 1 aromatic carbocycles. The first-order valence-electron chi connectivity index (χ1n) is 10.1. The minimum Gasteiger partial charge on any atom is -0.468 e. The molecule has 2 amide bonds. The summed E-state index contributed by atoms with van der Waals surface area (Å²) in [6.45, 7) is 6.09. The Morgan fingerprint density at radius 3 is 2.41 bits per heavy atom. The average Bonchev–Trinajstić information content (AvgIpc) is 3.41. The molecule has 7 heteroatoms. The van der Waals surface area contributed by atoms with E-state index in [0.717, 1.165) is 31.7 Å². The Morgan fingerprint density at radius 1 is 1.14 bits per heavy atom. The minimum atomic E-state index is -0.691. The second-order valence-corrected chi connectivity index (χ2v) is 7.72. The van der Waals surface area contributed by atoms with Gasteiger partial charge in [0.2, 0.25) is 5.91 Å². The molecule has 0 radical (unpaired) electrons. The van der Waals surface area contributed by atoms with Gasteiger partial charge in [-0.1, -0.05) is 13.8 Å². The lowest BCUT2D eigenvalue weighted by Crippen LogP contribution is -2.51. The number of amides is 2. The van der Waals surface area contributed by atoms with Gasteiger partial charge in [0.25, 0.3) is 5.91 Å². The molecule has 1 fully saturated rings. The summed E-state index contributed by atoms with van der Waals surface area (Å²) in [5.41, 5.74) is 0.315. The van der Waals surface area contributed by atoms with E-state index in [4.69, 9.17) is 4.42 Å². The fraction of sp³-hybridized carbons (Fsp3) is 0.455. The van der Waals surface area contributed by atoms with Crippen molar-refractivity contribution in [2.45, 2.75) is 38.8 Å². The van der Waals surface area contributed by atoms with Crippen LogP contribution >= 0.6 is 0 Å². The van der Waals surface area contributed by atoms with Crippen molar-refractivity contribution in [3.05, 3.63) is 59.8 Å². The molecule has 0 bridgehead atoms. The molecule has 2 N–H and O–H groups in total. The summed E-state index contributed by atoms with van der Waals surface area (Å²) in [7, 11) is 0. The maximum atomic E-state index is 13.1. The van der Waals surface area contributed by atoms with Crippen molar-refractivity contribution in [2.24, 2.45) is 5.92 Å². The van der Waals surface area contributed by atoms with E-state index in [1.807, 2.05) is 26.0 Å². The Morgan fingerprint density at radius 2 is 1.83 bits per heavy atom. The first-order chi connectivity index (χ1) is 14.0. The molecule has 29 heavy (non-hydrogen) atoms. The molecule has 6 nitrogen and oxygen atoms in total. The summed E-state index contributed by atoms with van der Waals surface area (Å²) in [6.07, 6.45) is 3.90. The van der Waals surface area contributed by atoms with Crippen LogP contribution < -0.4 is 10.6 Å². The maximum absolute atomic E-state index is 13.1. The third-order valence-electron chi connectivity index (χ3n) is 5.26. The van der Waals surface area contributed by atoms with Gasteiger partial charge >= 0.3 is 0 Å². The highest BCUT2D eigenvalue weighted by atomic mass is 19.1. The number of hydrogen-bond acceptors (Lipinski definition) is 4. The van der Waals surface area contributed by atoms with E-state index >= 15 is 0 Å². The number of rotatable bonds is 8. The lowest BCUT2D eigenvalue weighted by atomic mass is 10.0. The van der Waals surface area contributed by atoms with Crippen LogP contribution in [0.2, 0.25) is 0 Å². The second kappa shape index (κ2) is 9.69. The van der Waals surface area contributed by atoms with Crippen LogP contribution in [0.1, 0.15) is 48.8 Å². The smallest absolute Gasteiger partial charge is 0.251 e. The molecule has 3 rings (SSSR count). The van der Waals surface area contributed by atoms with Crippen molar-refractivity contribution < 1.29 is 18.4 Å². The van der Waals surface area contributed by atoms with Gasteiger partial charge in [0.15, 0.2) is 0 Å². The molecule has 1 aliphatic heterocycles. The molecule has 1 saturated heterocycles. The van der Waals surface area contributed by atoms with E-state index < -0.39 is 17.8 Å². The first kappa shape index (κ1) is 21.0. The summed E-state index contributed by atoms with van der Waals surface area (Å²) in [5.74, 6) is -0.338. The Bertz CT molecular complexity index is 799. The highest BCUT2D eigenvalue weighted by Gasteiger charge is 2.29.